The molecule has 0 saturated heterocycles. The number of carbonyl (C=O) groups is 1. The molecule has 0 bridgehead atoms. The Bertz CT molecular complexity index is 805. The summed E-state index contributed by atoms with van der Waals surface area (Å²) in [6.45, 7) is 0.620. The summed E-state index contributed by atoms with van der Waals surface area (Å²) in [4.78, 5) is 15.7. The molecule has 4 heteroatoms. The smallest absolute Gasteiger partial charge is 0.268 e. The summed E-state index contributed by atoms with van der Waals surface area (Å²) in [5.41, 5.74) is 2.60. The Morgan fingerprint density at radius 1 is 1.14 bits per heavy atom. The van der Waals surface area contributed by atoms with E-state index in [0.717, 1.165) is 28.6 Å². The number of amides is 1. The molecule has 0 spiro atoms. The van der Waals surface area contributed by atoms with Crippen molar-refractivity contribution in [3.63, 3.8) is 0 Å². The predicted octanol–water partition coefficient (Wildman–Crippen LogP) is 3.42. The summed E-state index contributed by atoms with van der Waals surface area (Å²) in [6, 6.07) is 17.6. The van der Waals surface area contributed by atoms with Crippen LogP contribution < -0.4 is 10.1 Å². The summed E-state index contributed by atoms with van der Waals surface area (Å²) in [5, 5.41) is 4.14. The van der Waals surface area contributed by atoms with Crippen molar-refractivity contribution in [1.29, 1.82) is 0 Å². The molecular weight excluding hydrogens is 276 g/mol. The maximum Gasteiger partial charge on any atom is 0.268 e. The molecule has 3 aromatic rings. The first-order valence-corrected chi connectivity index (χ1v) is 7.41. The molecule has 1 aliphatic rings. The van der Waals surface area contributed by atoms with Gasteiger partial charge < -0.3 is 15.0 Å². The lowest BCUT2D eigenvalue weighted by atomic mass is 10.0. The Labute approximate surface area is 128 Å². The average Bonchev–Trinajstić information content (AvgIpc) is 2.99. The zero-order valence-electron chi connectivity index (χ0n) is 12.0. The summed E-state index contributed by atoms with van der Waals surface area (Å²) >= 11 is 0. The highest BCUT2D eigenvalue weighted by atomic mass is 16.5. The van der Waals surface area contributed by atoms with Gasteiger partial charge >= 0.3 is 0 Å². The molecule has 0 fully saturated rings. The van der Waals surface area contributed by atoms with Crippen LogP contribution in [0.2, 0.25) is 0 Å². The number of aromatic amines is 1. The normalized spacial score (nSPS) is 16.8. The van der Waals surface area contributed by atoms with Crippen molar-refractivity contribution in [2.75, 3.05) is 6.61 Å². The maximum absolute atomic E-state index is 12.5. The van der Waals surface area contributed by atoms with E-state index in [4.69, 9.17) is 4.74 Å². The van der Waals surface area contributed by atoms with Crippen molar-refractivity contribution >= 4 is 16.8 Å². The Morgan fingerprint density at radius 3 is 2.86 bits per heavy atom. The molecule has 1 amide bonds. The lowest BCUT2D eigenvalue weighted by Crippen LogP contribution is -2.32. The lowest BCUT2D eigenvalue weighted by Gasteiger charge is -2.26. The third-order valence-electron chi connectivity index (χ3n) is 4.04. The van der Waals surface area contributed by atoms with Crippen molar-refractivity contribution in [3.8, 4) is 5.75 Å². The van der Waals surface area contributed by atoms with Gasteiger partial charge in [-0.25, -0.2) is 0 Å². The molecule has 0 saturated carbocycles. The van der Waals surface area contributed by atoms with E-state index in [1.54, 1.807) is 0 Å². The second-order valence-electron chi connectivity index (χ2n) is 5.47. The summed E-state index contributed by atoms with van der Waals surface area (Å²) in [7, 11) is 0. The van der Waals surface area contributed by atoms with Crippen molar-refractivity contribution in [3.05, 3.63) is 65.9 Å². The van der Waals surface area contributed by atoms with Crippen LogP contribution in [-0.4, -0.2) is 17.5 Å². The highest BCUT2D eigenvalue weighted by Gasteiger charge is 2.23. The third-order valence-corrected chi connectivity index (χ3v) is 4.04. The molecule has 2 N–H and O–H groups in total. The Kier molecular flexibility index (Phi) is 3.07. The van der Waals surface area contributed by atoms with Gasteiger partial charge in [-0.15, -0.1) is 0 Å². The topological polar surface area (TPSA) is 54.1 Å². The number of hydrogen-bond donors (Lipinski definition) is 2. The number of nitrogens with one attached hydrogen (secondary N) is 2. The number of rotatable bonds is 2. The second-order valence-corrected chi connectivity index (χ2v) is 5.47. The number of benzene rings is 2. The van der Waals surface area contributed by atoms with Gasteiger partial charge in [-0.1, -0.05) is 36.4 Å². The fraction of sp³-hybridized carbons (Fsp3) is 0.167. The molecule has 1 aromatic heterocycles. The quantitative estimate of drug-likeness (QED) is 0.760. The van der Waals surface area contributed by atoms with Gasteiger partial charge in [0.1, 0.15) is 11.4 Å². The van der Waals surface area contributed by atoms with Crippen molar-refractivity contribution in [2.45, 2.75) is 12.5 Å². The van der Waals surface area contributed by atoms with Crippen LogP contribution in [0.3, 0.4) is 0 Å². The van der Waals surface area contributed by atoms with Crippen LogP contribution in [0.4, 0.5) is 0 Å². The number of para-hydroxylation sites is 2. The predicted molar refractivity (Wildman–Crippen MR) is 85.1 cm³/mol. The largest absolute Gasteiger partial charge is 0.493 e. The number of ether oxygens (including phenoxy) is 1. The van der Waals surface area contributed by atoms with Gasteiger partial charge in [-0.3, -0.25) is 4.79 Å². The van der Waals surface area contributed by atoms with Crippen LogP contribution in [0.15, 0.2) is 54.6 Å². The second kappa shape index (κ2) is 5.22. The fourth-order valence-corrected chi connectivity index (χ4v) is 2.92. The standard InChI is InChI=1S/C18H16N2O2/c21-18(16-11-12-5-1-3-7-14(12)19-16)20-15-9-10-22-17-8-4-2-6-13(15)17/h1-8,11,15,19H,9-10H2,(H,20,21)/t15-/m1/s1. The number of hydrogen-bond acceptors (Lipinski definition) is 2. The van der Waals surface area contributed by atoms with E-state index in [2.05, 4.69) is 10.3 Å². The molecule has 1 aliphatic heterocycles. The molecule has 2 heterocycles. The first-order valence-electron chi connectivity index (χ1n) is 7.41. The SMILES string of the molecule is O=C(N[C@@H]1CCOc2ccccc21)c1cc2ccccc2[nH]1. The van der Waals surface area contributed by atoms with E-state index < -0.39 is 0 Å². The van der Waals surface area contributed by atoms with Crippen molar-refractivity contribution < 1.29 is 9.53 Å². The minimum atomic E-state index is -0.0853. The Morgan fingerprint density at radius 2 is 1.95 bits per heavy atom. The van der Waals surface area contributed by atoms with E-state index in [-0.39, 0.29) is 11.9 Å². The van der Waals surface area contributed by atoms with Crippen LogP contribution in [0, 0.1) is 0 Å². The lowest BCUT2D eigenvalue weighted by molar-refractivity contribution is 0.0920. The fourth-order valence-electron chi connectivity index (χ4n) is 2.92. The monoisotopic (exact) mass is 292 g/mol. The molecule has 0 radical (unpaired) electrons. The molecule has 1 atom stereocenters. The van der Waals surface area contributed by atoms with Gasteiger partial charge in [0, 0.05) is 22.9 Å². The molecular formula is C18H16N2O2. The Hall–Kier alpha value is -2.75. The molecule has 2 aromatic carbocycles. The number of carbonyl (C=O) groups excluding carboxylic acids is 1. The van der Waals surface area contributed by atoms with Gasteiger partial charge in [-0.2, -0.15) is 0 Å². The van der Waals surface area contributed by atoms with E-state index >= 15 is 0 Å². The van der Waals surface area contributed by atoms with Crippen LogP contribution >= 0.6 is 0 Å². The van der Waals surface area contributed by atoms with E-state index in [0.29, 0.717) is 12.3 Å². The van der Waals surface area contributed by atoms with Gasteiger partial charge in [0.25, 0.3) is 5.91 Å². The number of H-pyrrole nitrogens is 1. The molecule has 4 nitrogen and oxygen atoms in total. The minimum Gasteiger partial charge on any atom is -0.493 e. The molecule has 22 heavy (non-hydrogen) atoms. The van der Waals surface area contributed by atoms with Crippen molar-refractivity contribution in [2.24, 2.45) is 0 Å². The van der Waals surface area contributed by atoms with E-state index in [1.807, 2.05) is 54.6 Å². The molecule has 0 aliphatic carbocycles. The molecule has 0 unspecified atom stereocenters. The Balaban J connectivity index is 1.60. The van der Waals surface area contributed by atoms with Crippen LogP contribution in [0.25, 0.3) is 10.9 Å². The van der Waals surface area contributed by atoms with Gasteiger partial charge in [-0.05, 0) is 18.2 Å². The number of fused-ring (bicyclic) bond motifs is 2. The van der Waals surface area contributed by atoms with Crippen LogP contribution in [0.1, 0.15) is 28.5 Å². The first-order chi connectivity index (χ1) is 10.8. The average molecular weight is 292 g/mol. The van der Waals surface area contributed by atoms with E-state index in [9.17, 15) is 4.79 Å². The summed E-state index contributed by atoms with van der Waals surface area (Å²) in [6.07, 6.45) is 0.781. The third kappa shape index (κ3) is 2.22. The number of aromatic nitrogens is 1. The van der Waals surface area contributed by atoms with Crippen LogP contribution in [0.5, 0.6) is 5.75 Å². The summed E-state index contributed by atoms with van der Waals surface area (Å²) < 4.78 is 5.63. The zero-order chi connectivity index (χ0) is 14.9. The first kappa shape index (κ1) is 13.0. The zero-order valence-corrected chi connectivity index (χ0v) is 12.0. The highest BCUT2D eigenvalue weighted by molar-refractivity contribution is 5.98. The highest BCUT2D eigenvalue weighted by Crippen LogP contribution is 2.31. The molecule has 4 rings (SSSR count). The molecule has 110 valence electrons. The maximum atomic E-state index is 12.5. The van der Waals surface area contributed by atoms with Crippen molar-refractivity contribution in [1.82, 2.24) is 10.3 Å². The van der Waals surface area contributed by atoms with E-state index in [1.165, 1.54) is 0 Å². The van der Waals surface area contributed by atoms with Gasteiger partial charge in [0.15, 0.2) is 0 Å². The van der Waals surface area contributed by atoms with Gasteiger partial charge in [0.05, 0.1) is 12.6 Å². The van der Waals surface area contributed by atoms with Gasteiger partial charge in [0.2, 0.25) is 0 Å². The van der Waals surface area contributed by atoms with Crippen LogP contribution in [-0.2, 0) is 0 Å². The minimum absolute atomic E-state index is 0.0103. The summed E-state index contributed by atoms with van der Waals surface area (Å²) in [5.74, 6) is 0.772.